The molecule has 1 aliphatic carbocycles. The Morgan fingerprint density at radius 1 is 0.920 bits per heavy atom. The summed E-state index contributed by atoms with van der Waals surface area (Å²) >= 11 is 0. The standard InChI is InChI=1S/C21H28O4/c1-2-3-15-24-20(22)18-13-7-8-14-19(18)21(23)25-16-9-12-17-10-5-4-6-11-17/h4-8,10-11,18-19H,2-3,9,12-16H2,1H3. The number of carbonyl (C=O) groups is 2. The van der Waals surface area contributed by atoms with Crippen LogP contribution in [0.5, 0.6) is 0 Å². The number of hydrogen-bond donors (Lipinski definition) is 0. The van der Waals surface area contributed by atoms with Crippen LogP contribution in [0.3, 0.4) is 0 Å². The van der Waals surface area contributed by atoms with Gasteiger partial charge in [-0.25, -0.2) is 0 Å². The molecule has 0 heterocycles. The molecule has 4 heteroatoms. The second kappa shape index (κ2) is 10.7. The van der Waals surface area contributed by atoms with Gasteiger partial charge in [-0.15, -0.1) is 0 Å². The lowest BCUT2D eigenvalue weighted by Crippen LogP contribution is -2.34. The predicted octanol–water partition coefficient (Wildman–Crippen LogP) is 4.09. The number of hydrogen-bond acceptors (Lipinski definition) is 4. The van der Waals surface area contributed by atoms with Crippen molar-refractivity contribution in [1.82, 2.24) is 0 Å². The van der Waals surface area contributed by atoms with Crippen molar-refractivity contribution in [2.45, 2.75) is 45.4 Å². The van der Waals surface area contributed by atoms with Crippen LogP contribution in [-0.2, 0) is 25.5 Å². The van der Waals surface area contributed by atoms with E-state index < -0.39 is 11.8 Å². The van der Waals surface area contributed by atoms with Gasteiger partial charge < -0.3 is 9.47 Å². The quantitative estimate of drug-likeness (QED) is 0.385. The van der Waals surface area contributed by atoms with Crippen molar-refractivity contribution in [1.29, 1.82) is 0 Å². The average molecular weight is 344 g/mol. The summed E-state index contributed by atoms with van der Waals surface area (Å²) in [6, 6.07) is 10.1. The molecule has 136 valence electrons. The van der Waals surface area contributed by atoms with Crippen molar-refractivity contribution in [3.63, 3.8) is 0 Å². The maximum Gasteiger partial charge on any atom is 0.310 e. The molecule has 0 saturated carbocycles. The van der Waals surface area contributed by atoms with Crippen molar-refractivity contribution in [2.75, 3.05) is 13.2 Å². The molecular formula is C21H28O4. The summed E-state index contributed by atoms with van der Waals surface area (Å²) in [5.74, 6) is -1.39. The van der Waals surface area contributed by atoms with Gasteiger partial charge in [-0.2, -0.15) is 0 Å². The third-order valence-electron chi connectivity index (χ3n) is 4.48. The van der Waals surface area contributed by atoms with Gasteiger partial charge in [0.25, 0.3) is 0 Å². The van der Waals surface area contributed by atoms with Crippen molar-refractivity contribution in [3.8, 4) is 0 Å². The predicted molar refractivity (Wildman–Crippen MR) is 96.9 cm³/mol. The molecule has 0 amide bonds. The van der Waals surface area contributed by atoms with Crippen LogP contribution in [0.25, 0.3) is 0 Å². The number of aryl methyl sites for hydroxylation is 1. The van der Waals surface area contributed by atoms with E-state index >= 15 is 0 Å². The topological polar surface area (TPSA) is 52.6 Å². The Labute approximate surface area is 150 Å². The normalized spacial score (nSPS) is 19.4. The van der Waals surface area contributed by atoms with Crippen molar-refractivity contribution in [3.05, 3.63) is 48.0 Å². The summed E-state index contributed by atoms with van der Waals surface area (Å²) < 4.78 is 10.7. The lowest BCUT2D eigenvalue weighted by Gasteiger charge is -2.25. The van der Waals surface area contributed by atoms with E-state index in [1.54, 1.807) is 0 Å². The molecule has 0 fully saturated rings. The molecule has 2 unspecified atom stereocenters. The number of benzene rings is 1. The van der Waals surface area contributed by atoms with Gasteiger partial charge in [-0.05, 0) is 37.7 Å². The van der Waals surface area contributed by atoms with E-state index in [0.29, 0.717) is 26.1 Å². The first-order valence-corrected chi connectivity index (χ1v) is 9.24. The van der Waals surface area contributed by atoms with Crippen LogP contribution in [0.2, 0.25) is 0 Å². The SMILES string of the molecule is CCCCOC(=O)C1CC=CCC1C(=O)OCCCc1ccccc1. The first-order valence-electron chi connectivity index (χ1n) is 9.24. The minimum Gasteiger partial charge on any atom is -0.465 e. The minimum absolute atomic E-state index is 0.274. The molecule has 0 spiro atoms. The number of unbranched alkanes of at least 4 members (excludes halogenated alkanes) is 1. The summed E-state index contributed by atoms with van der Waals surface area (Å²) in [5.41, 5.74) is 1.23. The summed E-state index contributed by atoms with van der Waals surface area (Å²) in [4.78, 5) is 24.6. The molecule has 1 aromatic carbocycles. The fourth-order valence-electron chi connectivity index (χ4n) is 2.96. The minimum atomic E-state index is -0.421. The highest BCUT2D eigenvalue weighted by Gasteiger charge is 2.36. The maximum atomic E-state index is 12.4. The van der Waals surface area contributed by atoms with Crippen LogP contribution in [0.1, 0.15) is 44.6 Å². The Morgan fingerprint density at radius 2 is 1.48 bits per heavy atom. The van der Waals surface area contributed by atoms with E-state index in [0.717, 1.165) is 25.7 Å². The van der Waals surface area contributed by atoms with E-state index in [1.165, 1.54) is 5.56 Å². The molecule has 2 rings (SSSR count). The van der Waals surface area contributed by atoms with Crippen molar-refractivity contribution >= 4 is 11.9 Å². The van der Waals surface area contributed by atoms with Crippen molar-refractivity contribution < 1.29 is 19.1 Å². The first-order chi connectivity index (χ1) is 12.2. The highest BCUT2D eigenvalue weighted by atomic mass is 16.5. The zero-order chi connectivity index (χ0) is 17.9. The van der Waals surface area contributed by atoms with Crippen LogP contribution >= 0.6 is 0 Å². The summed E-state index contributed by atoms with van der Waals surface area (Å²) in [7, 11) is 0. The molecule has 0 bridgehead atoms. The second-order valence-corrected chi connectivity index (χ2v) is 6.43. The van der Waals surface area contributed by atoms with Gasteiger partial charge in [0.05, 0.1) is 25.0 Å². The fraction of sp³-hybridized carbons (Fsp3) is 0.524. The average Bonchev–Trinajstić information content (AvgIpc) is 2.66. The second-order valence-electron chi connectivity index (χ2n) is 6.43. The van der Waals surface area contributed by atoms with E-state index in [2.05, 4.69) is 12.1 Å². The Bertz CT molecular complexity index is 565. The van der Waals surface area contributed by atoms with Crippen molar-refractivity contribution in [2.24, 2.45) is 11.8 Å². The number of rotatable bonds is 9. The van der Waals surface area contributed by atoms with Crippen LogP contribution in [0.15, 0.2) is 42.5 Å². The molecule has 0 saturated heterocycles. The Balaban J connectivity index is 1.77. The largest absolute Gasteiger partial charge is 0.465 e. The molecule has 4 nitrogen and oxygen atoms in total. The van der Waals surface area contributed by atoms with Crippen LogP contribution in [0.4, 0.5) is 0 Å². The van der Waals surface area contributed by atoms with Gasteiger partial charge in [-0.1, -0.05) is 55.8 Å². The third-order valence-corrected chi connectivity index (χ3v) is 4.48. The van der Waals surface area contributed by atoms with Gasteiger partial charge in [0.15, 0.2) is 0 Å². The molecule has 1 aromatic rings. The summed E-state index contributed by atoms with van der Waals surface area (Å²) in [6.45, 7) is 2.85. The lowest BCUT2D eigenvalue weighted by atomic mass is 9.83. The molecule has 1 aliphatic rings. The van der Waals surface area contributed by atoms with Gasteiger partial charge in [0, 0.05) is 0 Å². The Kier molecular flexibility index (Phi) is 8.23. The number of ether oxygens (including phenoxy) is 2. The Morgan fingerprint density at radius 3 is 2.04 bits per heavy atom. The zero-order valence-electron chi connectivity index (χ0n) is 15.0. The molecule has 0 aliphatic heterocycles. The Hall–Kier alpha value is -2.10. The molecule has 2 atom stereocenters. The molecule has 0 N–H and O–H groups in total. The summed E-state index contributed by atoms with van der Waals surface area (Å²) in [5, 5.41) is 0. The van der Waals surface area contributed by atoms with Crippen LogP contribution in [-0.4, -0.2) is 25.2 Å². The van der Waals surface area contributed by atoms with Gasteiger partial charge >= 0.3 is 11.9 Å². The highest BCUT2D eigenvalue weighted by molar-refractivity contribution is 5.82. The van der Waals surface area contributed by atoms with E-state index in [4.69, 9.17) is 9.47 Å². The monoisotopic (exact) mass is 344 g/mol. The molecule has 0 radical (unpaired) electrons. The summed E-state index contributed by atoms with van der Waals surface area (Å²) in [6.07, 6.45) is 8.48. The smallest absolute Gasteiger partial charge is 0.310 e. The zero-order valence-corrected chi connectivity index (χ0v) is 15.0. The van der Waals surface area contributed by atoms with Gasteiger partial charge in [0.1, 0.15) is 0 Å². The van der Waals surface area contributed by atoms with Gasteiger partial charge in [0.2, 0.25) is 0 Å². The maximum absolute atomic E-state index is 12.4. The van der Waals surface area contributed by atoms with E-state index in [-0.39, 0.29) is 11.9 Å². The molecule has 0 aromatic heterocycles. The number of esters is 2. The molecular weight excluding hydrogens is 316 g/mol. The first kappa shape index (κ1) is 19.2. The molecule has 25 heavy (non-hydrogen) atoms. The van der Waals surface area contributed by atoms with Crippen LogP contribution < -0.4 is 0 Å². The van der Waals surface area contributed by atoms with Gasteiger partial charge in [-0.3, -0.25) is 9.59 Å². The highest BCUT2D eigenvalue weighted by Crippen LogP contribution is 2.28. The van der Waals surface area contributed by atoms with E-state index in [1.807, 2.05) is 37.3 Å². The number of allylic oxidation sites excluding steroid dienone is 2. The third kappa shape index (κ3) is 6.37. The fourth-order valence-corrected chi connectivity index (χ4v) is 2.96. The lowest BCUT2D eigenvalue weighted by molar-refractivity contribution is -0.161. The van der Waals surface area contributed by atoms with Crippen LogP contribution in [0, 0.1) is 11.8 Å². The van der Waals surface area contributed by atoms with E-state index in [9.17, 15) is 9.59 Å². The number of carbonyl (C=O) groups excluding carboxylic acids is 2.